The highest BCUT2D eigenvalue weighted by molar-refractivity contribution is 5.95. The third kappa shape index (κ3) is 4.09. The van der Waals surface area contributed by atoms with Gasteiger partial charge in [0.2, 0.25) is 0 Å². The van der Waals surface area contributed by atoms with Crippen molar-refractivity contribution in [2.24, 2.45) is 5.10 Å². The van der Waals surface area contributed by atoms with E-state index in [1.54, 1.807) is 24.3 Å². The van der Waals surface area contributed by atoms with Crippen LogP contribution in [0.25, 0.3) is 5.69 Å². The number of carbonyl (C=O) groups is 1. The number of aromatic nitrogens is 1. The molecule has 0 radical (unpaired) electrons. The van der Waals surface area contributed by atoms with Crippen LogP contribution >= 0.6 is 0 Å². The number of hydrogen-bond acceptors (Lipinski definition) is 4. The van der Waals surface area contributed by atoms with Gasteiger partial charge in [-0.05, 0) is 67.9 Å². The molecule has 1 heterocycles. The maximum absolute atomic E-state index is 12.2. The quantitative estimate of drug-likeness (QED) is 0.426. The lowest BCUT2D eigenvalue weighted by molar-refractivity contribution is -0.384. The van der Waals surface area contributed by atoms with Crippen LogP contribution in [0.15, 0.2) is 65.8 Å². The summed E-state index contributed by atoms with van der Waals surface area (Å²) in [4.78, 5) is 22.3. The van der Waals surface area contributed by atoms with Crippen molar-refractivity contribution in [3.05, 3.63) is 93.3 Å². The van der Waals surface area contributed by atoms with Crippen LogP contribution in [0.3, 0.4) is 0 Å². The second kappa shape index (κ2) is 7.65. The first-order valence-electron chi connectivity index (χ1n) is 8.29. The fraction of sp³-hybridized carbons (Fsp3) is 0.100. The van der Waals surface area contributed by atoms with E-state index >= 15 is 0 Å². The van der Waals surface area contributed by atoms with Crippen molar-refractivity contribution in [2.45, 2.75) is 13.8 Å². The minimum absolute atomic E-state index is 0.00411. The van der Waals surface area contributed by atoms with E-state index in [-0.39, 0.29) is 11.6 Å². The Bertz CT molecular complexity index is 983. The summed E-state index contributed by atoms with van der Waals surface area (Å²) in [5.41, 5.74) is 6.82. The van der Waals surface area contributed by atoms with Crippen LogP contribution in [0.5, 0.6) is 0 Å². The number of non-ortho nitro benzene ring substituents is 1. The predicted molar refractivity (Wildman–Crippen MR) is 103 cm³/mol. The molecule has 1 amide bonds. The number of hydrogen-bond donors (Lipinski definition) is 1. The minimum Gasteiger partial charge on any atom is -0.319 e. The number of nitrogens with one attached hydrogen (secondary N) is 1. The molecule has 0 aliphatic heterocycles. The zero-order valence-electron chi connectivity index (χ0n) is 14.9. The Labute approximate surface area is 156 Å². The molecule has 1 aromatic heterocycles. The van der Waals surface area contributed by atoms with Crippen LogP contribution in [0, 0.1) is 24.0 Å². The second-order valence-corrected chi connectivity index (χ2v) is 6.05. The number of nitro groups is 1. The predicted octanol–water partition coefficient (Wildman–Crippen LogP) is 3.77. The summed E-state index contributed by atoms with van der Waals surface area (Å²) in [6.07, 6.45) is 1.43. The Morgan fingerprint density at radius 1 is 1.00 bits per heavy atom. The van der Waals surface area contributed by atoms with Gasteiger partial charge in [-0.3, -0.25) is 14.9 Å². The standard InChI is InChI=1S/C20H18N4O3/c1-14-3-4-15(2)23(14)18-11-7-17(8-12-18)20(25)22-21-13-16-5-9-19(10-6-16)24(26)27/h3-13H,1-2H3,(H,22,25). The number of aryl methyl sites for hydroxylation is 2. The van der Waals surface area contributed by atoms with Crippen molar-refractivity contribution in [3.8, 4) is 5.69 Å². The van der Waals surface area contributed by atoms with Gasteiger partial charge in [0.15, 0.2) is 0 Å². The molecular formula is C20H18N4O3. The van der Waals surface area contributed by atoms with E-state index in [1.807, 2.05) is 38.1 Å². The lowest BCUT2D eigenvalue weighted by Gasteiger charge is -2.10. The van der Waals surface area contributed by atoms with Crippen LogP contribution in [0.2, 0.25) is 0 Å². The fourth-order valence-corrected chi connectivity index (χ4v) is 2.75. The summed E-state index contributed by atoms with van der Waals surface area (Å²) in [6, 6.07) is 17.2. The SMILES string of the molecule is Cc1ccc(C)n1-c1ccc(C(=O)NN=Cc2ccc([N+](=O)[O-])cc2)cc1. The maximum Gasteiger partial charge on any atom is 0.271 e. The molecule has 27 heavy (non-hydrogen) atoms. The van der Waals surface area contributed by atoms with Crippen molar-refractivity contribution in [1.29, 1.82) is 0 Å². The maximum atomic E-state index is 12.2. The molecule has 3 rings (SSSR count). The van der Waals surface area contributed by atoms with Gasteiger partial charge in [-0.1, -0.05) is 0 Å². The summed E-state index contributed by atoms with van der Waals surface area (Å²) in [5.74, 6) is -0.333. The van der Waals surface area contributed by atoms with Crippen LogP contribution in [-0.2, 0) is 0 Å². The van der Waals surface area contributed by atoms with Crippen molar-refractivity contribution >= 4 is 17.8 Å². The van der Waals surface area contributed by atoms with Gasteiger partial charge in [0.05, 0.1) is 11.1 Å². The monoisotopic (exact) mass is 362 g/mol. The van der Waals surface area contributed by atoms with Gasteiger partial charge in [-0.25, -0.2) is 5.43 Å². The molecule has 0 spiro atoms. The molecule has 0 saturated heterocycles. The van der Waals surface area contributed by atoms with E-state index in [1.165, 1.54) is 18.3 Å². The lowest BCUT2D eigenvalue weighted by atomic mass is 10.2. The smallest absolute Gasteiger partial charge is 0.271 e. The number of nitrogens with zero attached hydrogens (tertiary/aromatic N) is 3. The molecule has 0 fully saturated rings. The summed E-state index contributed by atoms with van der Waals surface area (Å²) < 4.78 is 2.11. The molecule has 0 atom stereocenters. The molecule has 2 aromatic carbocycles. The zero-order chi connectivity index (χ0) is 19.4. The topological polar surface area (TPSA) is 89.5 Å². The summed E-state index contributed by atoms with van der Waals surface area (Å²) >= 11 is 0. The number of hydrazone groups is 1. The minimum atomic E-state index is -0.469. The first-order valence-corrected chi connectivity index (χ1v) is 8.29. The molecule has 0 aliphatic rings. The van der Waals surface area contributed by atoms with Crippen LogP contribution in [0.4, 0.5) is 5.69 Å². The highest BCUT2D eigenvalue weighted by Crippen LogP contribution is 2.17. The third-order valence-electron chi connectivity index (χ3n) is 4.14. The van der Waals surface area contributed by atoms with Gasteiger partial charge in [0.1, 0.15) is 0 Å². The molecule has 3 aromatic rings. The second-order valence-electron chi connectivity index (χ2n) is 6.05. The fourth-order valence-electron chi connectivity index (χ4n) is 2.75. The van der Waals surface area contributed by atoms with Crippen molar-refractivity contribution < 1.29 is 9.72 Å². The van der Waals surface area contributed by atoms with Crippen LogP contribution < -0.4 is 5.43 Å². The Morgan fingerprint density at radius 2 is 1.59 bits per heavy atom. The number of amides is 1. The van der Waals surface area contributed by atoms with E-state index in [2.05, 4.69) is 15.1 Å². The van der Waals surface area contributed by atoms with E-state index in [0.29, 0.717) is 11.1 Å². The Hall–Kier alpha value is -3.74. The van der Waals surface area contributed by atoms with Gasteiger partial charge in [0.25, 0.3) is 11.6 Å². The van der Waals surface area contributed by atoms with Gasteiger partial charge in [0, 0.05) is 34.8 Å². The molecule has 7 heteroatoms. The number of nitro benzene ring substituents is 1. The summed E-state index contributed by atoms with van der Waals surface area (Å²) in [6.45, 7) is 4.06. The van der Waals surface area contributed by atoms with Gasteiger partial charge in [-0.15, -0.1) is 0 Å². The van der Waals surface area contributed by atoms with Crippen molar-refractivity contribution in [1.82, 2.24) is 9.99 Å². The molecule has 0 aliphatic carbocycles. The zero-order valence-corrected chi connectivity index (χ0v) is 14.9. The first-order chi connectivity index (χ1) is 13.0. The van der Waals surface area contributed by atoms with Crippen LogP contribution in [0.1, 0.15) is 27.3 Å². The normalized spacial score (nSPS) is 10.9. The number of benzene rings is 2. The Morgan fingerprint density at radius 3 is 2.15 bits per heavy atom. The number of carbonyl (C=O) groups excluding carboxylic acids is 1. The van der Waals surface area contributed by atoms with E-state index in [4.69, 9.17) is 0 Å². The average Bonchev–Trinajstić information content (AvgIpc) is 3.00. The molecule has 0 unspecified atom stereocenters. The average molecular weight is 362 g/mol. The van der Waals surface area contributed by atoms with Gasteiger partial charge in [-0.2, -0.15) is 5.10 Å². The van der Waals surface area contributed by atoms with Gasteiger partial charge >= 0.3 is 0 Å². The van der Waals surface area contributed by atoms with Crippen molar-refractivity contribution in [3.63, 3.8) is 0 Å². The first kappa shape index (κ1) is 18.1. The molecule has 0 saturated carbocycles. The lowest BCUT2D eigenvalue weighted by Crippen LogP contribution is -2.17. The van der Waals surface area contributed by atoms with E-state index in [9.17, 15) is 14.9 Å². The number of rotatable bonds is 5. The highest BCUT2D eigenvalue weighted by atomic mass is 16.6. The molecule has 7 nitrogen and oxygen atoms in total. The third-order valence-corrected chi connectivity index (χ3v) is 4.14. The molecule has 136 valence electrons. The largest absolute Gasteiger partial charge is 0.319 e. The molecular weight excluding hydrogens is 344 g/mol. The van der Waals surface area contributed by atoms with E-state index in [0.717, 1.165) is 17.1 Å². The summed E-state index contributed by atoms with van der Waals surface area (Å²) in [7, 11) is 0. The Balaban J connectivity index is 1.65. The molecule has 1 N–H and O–H groups in total. The van der Waals surface area contributed by atoms with Crippen LogP contribution in [-0.4, -0.2) is 21.6 Å². The highest BCUT2D eigenvalue weighted by Gasteiger charge is 2.07. The summed E-state index contributed by atoms with van der Waals surface area (Å²) in [5, 5.41) is 14.5. The van der Waals surface area contributed by atoms with Crippen molar-refractivity contribution in [2.75, 3.05) is 0 Å². The van der Waals surface area contributed by atoms with Gasteiger partial charge < -0.3 is 4.57 Å². The van der Waals surface area contributed by atoms with E-state index < -0.39 is 4.92 Å². The Kier molecular flexibility index (Phi) is 5.12. The molecule has 0 bridgehead atoms.